The van der Waals surface area contributed by atoms with Crippen LogP contribution >= 0.6 is 12.2 Å². The zero-order valence-corrected chi connectivity index (χ0v) is 11.9. The van der Waals surface area contributed by atoms with E-state index in [1.54, 1.807) is 6.20 Å². The lowest BCUT2D eigenvalue weighted by atomic mass is 10.0. The molecule has 3 nitrogen and oxygen atoms in total. The molecule has 0 saturated heterocycles. The van der Waals surface area contributed by atoms with Gasteiger partial charge >= 0.3 is 0 Å². The summed E-state index contributed by atoms with van der Waals surface area (Å²) in [6.07, 6.45) is 1.69. The molecule has 0 saturated carbocycles. The van der Waals surface area contributed by atoms with Crippen LogP contribution in [0.3, 0.4) is 0 Å². The first-order chi connectivity index (χ1) is 9.09. The van der Waals surface area contributed by atoms with Crippen LogP contribution in [0.4, 0.5) is 5.69 Å². The van der Waals surface area contributed by atoms with Crippen molar-refractivity contribution in [3.63, 3.8) is 0 Å². The summed E-state index contributed by atoms with van der Waals surface area (Å²) in [5.41, 5.74) is 9.69. The van der Waals surface area contributed by atoms with Crippen LogP contribution in [0.2, 0.25) is 0 Å². The van der Waals surface area contributed by atoms with Crippen molar-refractivity contribution >= 4 is 22.9 Å². The van der Waals surface area contributed by atoms with Gasteiger partial charge in [0.05, 0.1) is 5.69 Å². The Balaban J connectivity index is 2.27. The fraction of sp³-hybridized carbons (Fsp3) is 0.200. The Morgan fingerprint density at radius 2 is 2.00 bits per heavy atom. The summed E-state index contributed by atoms with van der Waals surface area (Å²) in [6, 6.07) is 12.3. The number of hydrogen-bond donors (Lipinski definition) is 2. The minimum absolute atomic E-state index is 0.165. The lowest BCUT2D eigenvalue weighted by Crippen LogP contribution is -2.17. The predicted molar refractivity (Wildman–Crippen MR) is 83.3 cm³/mol. The van der Waals surface area contributed by atoms with Gasteiger partial charge in [0.1, 0.15) is 10.7 Å². The predicted octanol–water partition coefficient (Wildman–Crippen LogP) is 3.20. The second-order valence-corrected chi connectivity index (χ2v) is 4.93. The molecule has 4 heteroatoms. The number of pyridine rings is 1. The molecule has 0 aliphatic heterocycles. The number of nitrogens with zero attached hydrogens (tertiary/aromatic N) is 1. The first-order valence-corrected chi connectivity index (χ1v) is 6.57. The molecular formula is C15H17N3S. The van der Waals surface area contributed by atoms with Crippen molar-refractivity contribution < 1.29 is 0 Å². The van der Waals surface area contributed by atoms with Crippen LogP contribution in [-0.2, 0) is 0 Å². The average Bonchev–Trinajstić information content (AvgIpc) is 2.39. The van der Waals surface area contributed by atoms with Crippen molar-refractivity contribution in [3.8, 4) is 0 Å². The van der Waals surface area contributed by atoms with Crippen LogP contribution < -0.4 is 11.1 Å². The van der Waals surface area contributed by atoms with E-state index in [4.69, 9.17) is 18.0 Å². The van der Waals surface area contributed by atoms with Crippen LogP contribution in [0.15, 0.2) is 42.6 Å². The summed E-state index contributed by atoms with van der Waals surface area (Å²) in [5.74, 6) is 0. The van der Waals surface area contributed by atoms with Crippen LogP contribution in [0.25, 0.3) is 0 Å². The van der Waals surface area contributed by atoms with Gasteiger partial charge in [0.25, 0.3) is 0 Å². The first kappa shape index (κ1) is 13.5. The number of rotatable bonds is 4. The van der Waals surface area contributed by atoms with E-state index in [0.29, 0.717) is 10.7 Å². The Morgan fingerprint density at radius 3 is 2.68 bits per heavy atom. The Morgan fingerprint density at radius 1 is 1.26 bits per heavy atom. The van der Waals surface area contributed by atoms with E-state index in [9.17, 15) is 0 Å². The van der Waals surface area contributed by atoms with Gasteiger partial charge in [-0.25, -0.2) is 0 Å². The molecule has 2 rings (SSSR count). The van der Waals surface area contributed by atoms with Gasteiger partial charge < -0.3 is 11.1 Å². The van der Waals surface area contributed by atoms with Crippen LogP contribution in [0, 0.1) is 6.92 Å². The largest absolute Gasteiger partial charge is 0.388 e. The third-order valence-corrected chi connectivity index (χ3v) is 3.26. The topological polar surface area (TPSA) is 50.9 Å². The van der Waals surface area contributed by atoms with Crippen LogP contribution in [-0.4, -0.2) is 9.97 Å². The van der Waals surface area contributed by atoms with E-state index in [1.165, 1.54) is 11.1 Å². The third-order valence-electron chi connectivity index (χ3n) is 3.07. The standard InChI is InChI=1S/C15H17N3S/c1-10-6-3-4-7-12(10)11(2)18-13-8-5-9-17-14(13)15(16)19/h3-9,11,18H,1-2H3,(H2,16,19). The molecule has 1 aromatic carbocycles. The molecule has 0 radical (unpaired) electrons. The molecule has 2 aromatic rings. The highest BCUT2D eigenvalue weighted by Gasteiger charge is 2.11. The normalized spacial score (nSPS) is 11.9. The molecule has 1 heterocycles. The number of aryl methyl sites for hydroxylation is 1. The first-order valence-electron chi connectivity index (χ1n) is 6.16. The average molecular weight is 271 g/mol. The van der Waals surface area contributed by atoms with Gasteiger partial charge in [-0.3, -0.25) is 4.98 Å². The van der Waals surface area contributed by atoms with E-state index < -0.39 is 0 Å². The fourth-order valence-corrected chi connectivity index (χ4v) is 2.26. The summed E-state index contributed by atoms with van der Waals surface area (Å²) < 4.78 is 0. The highest BCUT2D eigenvalue weighted by atomic mass is 32.1. The number of hydrogen-bond acceptors (Lipinski definition) is 3. The molecule has 1 unspecified atom stereocenters. The monoisotopic (exact) mass is 271 g/mol. The molecule has 0 aliphatic carbocycles. The maximum Gasteiger partial charge on any atom is 0.124 e. The molecule has 1 atom stereocenters. The third kappa shape index (κ3) is 3.09. The van der Waals surface area contributed by atoms with Crippen molar-refractivity contribution in [2.24, 2.45) is 5.73 Å². The summed E-state index contributed by atoms with van der Waals surface area (Å²) in [7, 11) is 0. The Labute approximate surface area is 118 Å². The Bertz CT molecular complexity index is 595. The molecule has 19 heavy (non-hydrogen) atoms. The number of nitrogens with one attached hydrogen (secondary N) is 1. The summed E-state index contributed by atoms with van der Waals surface area (Å²) in [6.45, 7) is 4.21. The minimum Gasteiger partial charge on any atom is -0.388 e. The molecule has 3 N–H and O–H groups in total. The van der Waals surface area contributed by atoms with Gasteiger partial charge in [-0.05, 0) is 37.1 Å². The maximum atomic E-state index is 5.69. The molecule has 1 aromatic heterocycles. The molecule has 0 amide bonds. The van der Waals surface area contributed by atoms with Crippen molar-refractivity contribution in [2.75, 3.05) is 5.32 Å². The lowest BCUT2D eigenvalue weighted by Gasteiger charge is -2.19. The van der Waals surface area contributed by atoms with E-state index in [-0.39, 0.29) is 6.04 Å². The van der Waals surface area contributed by atoms with Crippen molar-refractivity contribution in [1.29, 1.82) is 0 Å². The highest BCUT2D eigenvalue weighted by Crippen LogP contribution is 2.23. The van der Waals surface area contributed by atoms with E-state index in [1.807, 2.05) is 24.3 Å². The zero-order chi connectivity index (χ0) is 13.8. The van der Waals surface area contributed by atoms with Gasteiger partial charge in [0.15, 0.2) is 0 Å². The number of benzene rings is 1. The van der Waals surface area contributed by atoms with Crippen LogP contribution in [0.1, 0.15) is 29.8 Å². The van der Waals surface area contributed by atoms with Crippen molar-refractivity contribution in [2.45, 2.75) is 19.9 Å². The number of nitrogens with two attached hydrogens (primary N) is 1. The summed E-state index contributed by atoms with van der Waals surface area (Å²) in [5, 5.41) is 3.42. The van der Waals surface area contributed by atoms with E-state index in [0.717, 1.165) is 5.69 Å². The maximum absolute atomic E-state index is 5.69. The summed E-state index contributed by atoms with van der Waals surface area (Å²) in [4.78, 5) is 4.52. The molecule has 0 spiro atoms. The smallest absolute Gasteiger partial charge is 0.124 e. The quantitative estimate of drug-likeness (QED) is 0.838. The fourth-order valence-electron chi connectivity index (χ4n) is 2.10. The van der Waals surface area contributed by atoms with E-state index in [2.05, 4.69) is 36.3 Å². The minimum atomic E-state index is 0.165. The van der Waals surface area contributed by atoms with Crippen molar-refractivity contribution in [3.05, 3.63) is 59.4 Å². The number of anilines is 1. The SMILES string of the molecule is Cc1ccccc1C(C)Nc1cccnc1C(N)=S. The molecule has 0 fully saturated rings. The van der Waals surface area contributed by atoms with Gasteiger partial charge in [0, 0.05) is 12.2 Å². The van der Waals surface area contributed by atoms with Gasteiger partial charge in [0.2, 0.25) is 0 Å². The Hall–Kier alpha value is -1.94. The van der Waals surface area contributed by atoms with Gasteiger partial charge in [-0.2, -0.15) is 0 Å². The molecule has 98 valence electrons. The Kier molecular flexibility index (Phi) is 4.12. The highest BCUT2D eigenvalue weighted by molar-refractivity contribution is 7.80. The zero-order valence-electron chi connectivity index (χ0n) is 11.1. The van der Waals surface area contributed by atoms with Gasteiger partial charge in [-0.1, -0.05) is 36.5 Å². The van der Waals surface area contributed by atoms with Crippen LogP contribution in [0.5, 0.6) is 0 Å². The van der Waals surface area contributed by atoms with Gasteiger partial charge in [-0.15, -0.1) is 0 Å². The molecular weight excluding hydrogens is 254 g/mol. The second kappa shape index (κ2) is 5.80. The van der Waals surface area contributed by atoms with Crippen molar-refractivity contribution in [1.82, 2.24) is 4.98 Å². The van der Waals surface area contributed by atoms with E-state index >= 15 is 0 Å². The summed E-state index contributed by atoms with van der Waals surface area (Å²) >= 11 is 5.02. The molecule has 0 bridgehead atoms. The lowest BCUT2D eigenvalue weighted by molar-refractivity contribution is 0.872. The number of aromatic nitrogens is 1. The molecule has 0 aliphatic rings. The number of thiocarbonyl (C=S) groups is 1. The second-order valence-electron chi connectivity index (χ2n) is 4.49.